The van der Waals surface area contributed by atoms with Crippen molar-refractivity contribution in [1.29, 1.82) is 0 Å². The molecule has 0 saturated carbocycles. The molecule has 2 N–H and O–H groups in total. The Hall–Kier alpha value is -2.48. The fraction of sp³-hybridized carbons (Fsp3) is 0.500. The first-order chi connectivity index (χ1) is 11.5. The van der Waals surface area contributed by atoms with Crippen LogP contribution in [0.5, 0.6) is 0 Å². The van der Waals surface area contributed by atoms with Crippen molar-refractivity contribution < 1.29 is 19.4 Å². The summed E-state index contributed by atoms with van der Waals surface area (Å²) < 4.78 is 5.29. The van der Waals surface area contributed by atoms with Gasteiger partial charge in [-0.15, -0.1) is 0 Å². The van der Waals surface area contributed by atoms with Crippen molar-refractivity contribution in [3.8, 4) is 0 Å². The monoisotopic (exact) mass is 334 g/mol. The molecule has 0 aliphatic carbocycles. The molecular weight excluding hydrogens is 312 g/mol. The molecule has 24 heavy (non-hydrogen) atoms. The van der Waals surface area contributed by atoms with E-state index in [1.54, 1.807) is 30.0 Å². The summed E-state index contributed by atoms with van der Waals surface area (Å²) in [5.41, 5.74) is 1.74. The van der Waals surface area contributed by atoms with Crippen molar-refractivity contribution in [2.75, 3.05) is 26.3 Å². The molecule has 0 fully saturated rings. The highest BCUT2D eigenvalue weighted by Crippen LogP contribution is 2.14. The van der Waals surface area contributed by atoms with E-state index in [-0.39, 0.29) is 12.5 Å². The number of carboxylic acid groups (broad SMARTS) is 1. The van der Waals surface area contributed by atoms with Gasteiger partial charge in [-0.05, 0) is 31.5 Å². The molecule has 1 amide bonds. The minimum absolute atomic E-state index is 0.150. The molecule has 0 saturated heterocycles. The summed E-state index contributed by atoms with van der Waals surface area (Å²) in [5.74, 6) is -1.79. The number of amides is 1. The van der Waals surface area contributed by atoms with E-state index in [0.29, 0.717) is 42.8 Å². The zero-order valence-electron chi connectivity index (χ0n) is 13.9. The first-order valence-electron chi connectivity index (χ1n) is 7.93. The second-order valence-corrected chi connectivity index (χ2v) is 5.57. The van der Waals surface area contributed by atoms with Crippen LogP contribution in [0.3, 0.4) is 0 Å². The summed E-state index contributed by atoms with van der Waals surface area (Å²) in [7, 11) is 0. The molecule has 1 unspecified atom stereocenters. The molecule has 1 heterocycles. The number of carboxylic acids is 1. The number of hydrogen-bond acceptors (Lipinski definition) is 5. The number of fused-ring (bicyclic) bond motifs is 1. The van der Waals surface area contributed by atoms with E-state index >= 15 is 0 Å². The second-order valence-electron chi connectivity index (χ2n) is 5.57. The molecule has 8 heteroatoms. The van der Waals surface area contributed by atoms with E-state index in [1.165, 1.54) is 0 Å². The standard InChI is InChI=1S/C16H22N4O4/c1-3-24-8-4-7-20(10-11(2)16(22)23)15(21)12-5-6-13-14(9-12)18-19-17-13/h5-6,9,11H,3-4,7-8,10H2,1-2H3,(H,22,23)(H,17,18,19). The summed E-state index contributed by atoms with van der Waals surface area (Å²) in [6.07, 6.45) is 0.651. The van der Waals surface area contributed by atoms with E-state index < -0.39 is 11.9 Å². The van der Waals surface area contributed by atoms with Gasteiger partial charge in [0.1, 0.15) is 11.0 Å². The van der Waals surface area contributed by atoms with Gasteiger partial charge in [-0.3, -0.25) is 9.59 Å². The van der Waals surface area contributed by atoms with Gasteiger partial charge in [0.15, 0.2) is 0 Å². The maximum absolute atomic E-state index is 12.8. The SMILES string of the molecule is CCOCCCN(CC(C)C(=O)O)C(=O)c1ccc2n[nH]nc2c1. The summed E-state index contributed by atoms with van der Waals surface area (Å²) >= 11 is 0. The van der Waals surface area contributed by atoms with Crippen LogP contribution in [0.4, 0.5) is 0 Å². The molecule has 130 valence electrons. The molecule has 2 aromatic rings. The average molecular weight is 334 g/mol. The van der Waals surface area contributed by atoms with E-state index in [4.69, 9.17) is 9.84 Å². The molecule has 0 aliphatic heterocycles. The highest BCUT2D eigenvalue weighted by atomic mass is 16.5. The van der Waals surface area contributed by atoms with Crippen LogP contribution >= 0.6 is 0 Å². The lowest BCUT2D eigenvalue weighted by Crippen LogP contribution is -2.38. The molecule has 1 aromatic carbocycles. The number of H-pyrrole nitrogens is 1. The number of aromatic nitrogens is 3. The fourth-order valence-electron chi connectivity index (χ4n) is 2.34. The number of carbonyl (C=O) groups is 2. The molecular formula is C16H22N4O4. The van der Waals surface area contributed by atoms with Gasteiger partial charge in [0.05, 0.1) is 5.92 Å². The Labute approximate surface area is 139 Å². The molecule has 8 nitrogen and oxygen atoms in total. The van der Waals surface area contributed by atoms with Crippen molar-refractivity contribution in [3.63, 3.8) is 0 Å². The molecule has 1 aromatic heterocycles. The zero-order chi connectivity index (χ0) is 17.5. The molecule has 0 radical (unpaired) electrons. The number of aliphatic carboxylic acids is 1. The van der Waals surface area contributed by atoms with Gasteiger partial charge in [0.25, 0.3) is 5.91 Å². The number of aromatic amines is 1. The van der Waals surface area contributed by atoms with E-state index in [9.17, 15) is 9.59 Å². The third-order valence-corrected chi connectivity index (χ3v) is 3.69. The first-order valence-corrected chi connectivity index (χ1v) is 7.93. The molecule has 2 rings (SSSR count). The zero-order valence-corrected chi connectivity index (χ0v) is 13.9. The van der Waals surface area contributed by atoms with Crippen molar-refractivity contribution >= 4 is 22.9 Å². The third kappa shape index (κ3) is 4.51. The highest BCUT2D eigenvalue weighted by Gasteiger charge is 2.22. The maximum atomic E-state index is 12.8. The Morgan fingerprint density at radius 2 is 2.08 bits per heavy atom. The molecule has 0 spiro atoms. The number of carbonyl (C=O) groups excluding carboxylic acids is 1. The Bertz CT molecular complexity index is 700. The van der Waals surface area contributed by atoms with Gasteiger partial charge in [-0.1, -0.05) is 6.92 Å². The predicted octanol–water partition coefficient (Wildman–Crippen LogP) is 1.55. The lowest BCUT2D eigenvalue weighted by atomic mass is 10.1. The Morgan fingerprint density at radius 1 is 1.33 bits per heavy atom. The number of hydrogen-bond donors (Lipinski definition) is 2. The smallest absolute Gasteiger partial charge is 0.308 e. The second kappa shape index (κ2) is 8.39. The summed E-state index contributed by atoms with van der Waals surface area (Å²) in [6, 6.07) is 5.04. The van der Waals surface area contributed by atoms with Crippen molar-refractivity contribution in [2.45, 2.75) is 20.3 Å². The van der Waals surface area contributed by atoms with Crippen LogP contribution in [-0.4, -0.2) is 63.6 Å². The average Bonchev–Trinajstić information content (AvgIpc) is 3.04. The Balaban J connectivity index is 2.13. The molecule has 0 aliphatic rings. The van der Waals surface area contributed by atoms with Gasteiger partial charge in [-0.2, -0.15) is 15.4 Å². The van der Waals surface area contributed by atoms with E-state index in [1.807, 2.05) is 6.92 Å². The van der Waals surface area contributed by atoms with Crippen molar-refractivity contribution in [1.82, 2.24) is 20.3 Å². The van der Waals surface area contributed by atoms with Crippen LogP contribution in [0.15, 0.2) is 18.2 Å². The van der Waals surface area contributed by atoms with Crippen LogP contribution in [0.2, 0.25) is 0 Å². The lowest BCUT2D eigenvalue weighted by molar-refractivity contribution is -0.141. The summed E-state index contributed by atoms with van der Waals surface area (Å²) in [4.78, 5) is 25.4. The van der Waals surface area contributed by atoms with Gasteiger partial charge in [-0.25, -0.2) is 0 Å². The van der Waals surface area contributed by atoms with Gasteiger partial charge < -0.3 is 14.7 Å². The number of benzene rings is 1. The number of nitrogens with zero attached hydrogens (tertiary/aromatic N) is 3. The lowest BCUT2D eigenvalue weighted by Gasteiger charge is -2.24. The fourth-order valence-corrected chi connectivity index (χ4v) is 2.34. The number of nitrogens with one attached hydrogen (secondary N) is 1. The van der Waals surface area contributed by atoms with Crippen LogP contribution in [0.25, 0.3) is 11.0 Å². The topological polar surface area (TPSA) is 108 Å². The minimum atomic E-state index is -0.926. The van der Waals surface area contributed by atoms with E-state index in [2.05, 4.69) is 15.4 Å². The first kappa shape index (κ1) is 17.9. The highest BCUT2D eigenvalue weighted by molar-refractivity contribution is 5.97. The summed E-state index contributed by atoms with van der Waals surface area (Å²) in [5, 5.41) is 19.6. The van der Waals surface area contributed by atoms with Gasteiger partial charge in [0, 0.05) is 31.9 Å². The predicted molar refractivity (Wildman–Crippen MR) is 87.7 cm³/mol. The molecule has 1 atom stereocenters. The number of rotatable bonds is 9. The minimum Gasteiger partial charge on any atom is -0.481 e. The van der Waals surface area contributed by atoms with Crippen molar-refractivity contribution in [2.24, 2.45) is 5.92 Å². The third-order valence-electron chi connectivity index (χ3n) is 3.69. The van der Waals surface area contributed by atoms with Crippen LogP contribution in [-0.2, 0) is 9.53 Å². The Morgan fingerprint density at radius 3 is 2.79 bits per heavy atom. The quantitative estimate of drug-likeness (QED) is 0.674. The molecule has 0 bridgehead atoms. The normalized spacial score (nSPS) is 12.2. The van der Waals surface area contributed by atoms with E-state index in [0.717, 1.165) is 0 Å². The van der Waals surface area contributed by atoms with Gasteiger partial charge in [0.2, 0.25) is 0 Å². The Kier molecular flexibility index (Phi) is 6.25. The number of ether oxygens (including phenoxy) is 1. The van der Waals surface area contributed by atoms with Crippen LogP contribution < -0.4 is 0 Å². The van der Waals surface area contributed by atoms with Crippen LogP contribution in [0.1, 0.15) is 30.6 Å². The van der Waals surface area contributed by atoms with Crippen molar-refractivity contribution in [3.05, 3.63) is 23.8 Å². The van der Waals surface area contributed by atoms with Crippen LogP contribution in [0, 0.1) is 5.92 Å². The largest absolute Gasteiger partial charge is 0.481 e. The summed E-state index contributed by atoms with van der Waals surface area (Å²) in [6.45, 7) is 5.23. The van der Waals surface area contributed by atoms with Gasteiger partial charge >= 0.3 is 5.97 Å². The maximum Gasteiger partial charge on any atom is 0.308 e.